The van der Waals surface area contributed by atoms with Crippen LogP contribution in [0.5, 0.6) is 0 Å². The van der Waals surface area contributed by atoms with Crippen molar-refractivity contribution >= 4 is 29.1 Å². The van der Waals surface area contributed by atoms with E-state index in [0.29, 0.717) is 18.0 Å². The van der Waals surface area contributed by atoms with Gasteiger partial charge in [0, 0.05) is 48.4 Å². The standard InChI is InChI=1S/C19H22ClFN2OS/c20-15-5-7-17(8-6-15)25-14-16(24)13-22-9-11-23(12-10-22)19-4-2-1-3-18(19)21/h1-8,16,24H,9-14H2. The number of piperazine rings is 1. The molecule has 6 heteroatoms. The second-order valence-corrected chi connectivity index (χ2v) is 7.69. The molecule has 0 radical (unpaired) electrons. The summed E-state index contributed by atoms with van der Waals surface area (Å²) >= 11 is 7.51. The zero-order valence-corrected chi connectivity index (χ0v) is 15.5. The van der Waals surface area contributed by atoms with Crippen molar-refractivity contribution in [1.82, 2.24) is 4.90 Å². The summed E-state index contributed by atoms with van der Waals surface area (Å²) in [6, 6.07) is 14.5. The van der Waals surface area contributed by atoms with Crippen LogP contribution in [0.4, 0.5) is 10.1 Å². The van der Waals surface area contributed by atoms with Gasteiger partial charge in [0.1, 0.15) is 5.82 Å². The van der Waals surface area contributed by atoms with Gasteiger partial charge in [-0.15, -0.1) is 11.8 Å². The van der Waals surface area contributed by atoms with E-state index in [1.54, 1.807) is 17.8 Å². The lowest BCUT2D eigenvalue weighted by atomic mass is 10.2. The Kier molecular flexibility index (Phi) is 6.59. The van der Waals surface area contributed by atoms with Gasteiger partial charge in [0.2, 0.25) is 0 Å². The van der Waals surface area contributed by atoms with Crippen LogP contribution in [0.1, 0.15) is 0 Å². The predicted molar refractivity (Wildman–Crippen MR) is 103 cm³/mol. The predicted octanol–water partition coefficient (Wildman–Crippen LogP) is 3.75. The summed E-state index contributed by atoms with van der Waals surface area (Å²) in [7, 11) is 0. The minimum absolute atomic E-state index is 0.171. The highest BCUT2D eigenvalue weighted by Crippen LogP contribution is 2.22. The van der Waals surface area contributed by atoms with E-state index in [2.05, 4.69) is 9.80 Å². The molecule has 0 spiro atoms. The van der Waals surface area contributed by atoms with Gasteiger partial charge in [-0.25, -0.2) is 4.39 Å². The highest BCUT2D eigenvalue weighted by molar-refractivity contribution is 7.99. The Morgan fingerprint density at radius 2 is 1.72 bits per heavy atom. The molecule has 0 aliphatic carbocycles. The number of thioether (sulfide) groups is 1. The van der Waals surface area contributed by atoms with Gasteiger partial charge in [-0.2, -0.15) is 0 Å². The summed E-state index contributed by atoms with van der Waals surface area (Å²) in [5.74, 6) is 0.477. The molecule has 3 rings (SSSR count). The highest BCUT2D eigenvalue weighted by atomic mass is 35.5. The molecule has 1 aliphatic heterocycles. The summed E-state index contributed by atoms with van der Waals surface area (Å²) in [6.07, 6.45) is -0.388. The van der Waals surface area contributed by atoms with E-state index in [9.17, 15) is 9.50 Å². The summed E-state index contributed by atoms with van der Waals surface area (Å²) in [5.41, 5.74) is 0.668. The van der Waals surface area contributed by atoms with Gasteiger partial charge in [0.15, 0.2) is 0 Å². The third kappa shape index (κ3) is 5.35. The van der Waals surface area contributed by atoms with Crippen LogP contribution in [-0.2, 0) is 0 Å². The molecular formula is C19H22ClFN2OS. The van der Waals surface area contributed by atoms with Crippen LogP contribution in [-0.4, -0.2) is 54.6 Å². The van der Waals surface area contributed by atoms with Gasteiger partial charge < -0.3 is 10.0 Å². The third-order valence-corrected chi connectivity index (χ3v) is 5.70. The Bertz CT molecular complexity index is 677. The van der Waals surface area contributed by atoms with Crippen molar-refractivity contribution in [2.45, 2.75) is 11.0 Å². The molecule has 0 bridgehead atoms. The van der Waals surface area contributed by atoms with Crippen molar-refractivity contribution in [3.05, 3.63) is 59.4 Å². The van der Waals surface area contributed by atoms with Crippen LogP contribution in [0, 0.1) is 5.82 Å². The van der Waals surface area contributed by atoms with Gasteiger partial charge in [-0.1, -0.05) is 23.7 Å². The van der Waals surface area contributed by atoms with Crippen LogP contribution in [0.2, 0.25) is 5.02 Å². The quantitative estimate of drug-likeness (QED) is 0.772. The Morgan fingerprint density at radius 3 is 2.40 bits per heavy atom. The SMILES string of the molecule is OC(CSc1ccc(Cl)cc1)CN1CCN(c2ccccc2F)CC1. The first kappa shape index (κ1) is 18.5. The van der Waals surface area contributed by atoms with Gasteiger partial charge in [0.05, 0.1) is 11.8 Å². The molecule has 1 atom stereocenters. The monoisotopic (exact) mass is 380 g/mol. The number of rotatable bonds is 6. The van der Waals surface area contributed by atoms with Crippen LogP contribution in [0.15, 0.2) is 53.4 Å². The Labute approximate surface area is 157 Å². The number of anilines is 1. The van der Waals surface area contributed by atoms with Crippen molar-refractivity contribution in [1.29, 1.82) is 0 Å². The largest absolute Gasteiger partial charge is 0.391 e. The van der Waals surface area contributed by atoms with E-state index in [0.717, 1.165) is 36.1 Å². The van der Waals surface area contributed by atoms with Gasteiger partial charge in [-0.3, -0.25) is 4.90 Å². The lowest BCUT2D eigenvalue weighted by molar-refractivity contribution is 0.126. The van der Waals surface area contributed by atoms with E-state index in [1.807, 2.05) is 36.4 Å². The lowest BCUT2D eigenvalue weighted by Gasteiger charge is -2.37. The second kappa shape index (κ2) is 8.90. The zero-order valence-electron chi connectivity index (χ0n) is 13.9. The van der Waals surface area contributed by atoms with Gasteiger partial charge in [0.25, 0.3) is 0 Å². The van der Waals surface area contributed by atoms with Crippen molar-refractivity contribution in [3.63, 3.8) is 0 Å². The molecule has 1 saturated heterocycles. The molecular weight excluding hydrogens is 359 g/mol. The molecule has 1 heterocycles. The van der Waals surface area contributed by atoms with E-state index < -0.39 is 0 Å². The highest BCUT2D eigenvalue weighted by Gasteiger charge is 2.21. The average Bonchev–Trinajstić information content (AvgIpc) is 2.62. The number of hydrogen-bond acceptors (Lipinski definition) is 4. The molecule has 1 N–H and O–H groups in total. The summed E-state index contributed by atoms with van der Waals surface area (Å²) in [4.78, 5) is 5.42. The first-order valence-electron chi connectivity index (χ1n) is 8.40. The van der Waals surface area contributed by atoms with Crippen molar-refractivity contribution < 1.29 is 9.50 Å². The fourth-order valence-corrected chi connectivity index (χ4v) is 3.90. The topological polar surface area (TPSA) is 26.7 Å². The molecule has 1 aliphatic rings. The maximum atomic E-state index is 13.9. The Morgan fingerprint density at radius 1 is 1.04 bits per heavy atom. The number of aliphatic hydroxyl groups is 1. The molecule has 1 unspecified atom stereocenters. The van der Waals surface area contributed by atoms with E-state index in [4.69, 9.17) is 11.6 Å². The number of para-hydroxylation sites is 1. The number of β-amino-alcohol motifs (C(OH)–C–C–N with tert-alkyl or cyclic N) is 1. The smallest absolute Gasteiger partial charge is 0.146 e. The summed E-state index contributed by atoms with van der Waals surface area (Å²) < 4.78 is 13.9. The number of aliphatic hydroxyl groups excluding tert-OH is 1. The first-order chi connectivity index (χ1) is 12.1. The van der Waals surface area contributed by atoms with Gasteiger partial charge in [-0.05, 0) is 36.4 Å². The van der Waals surface area contributed by atoms with Gasteiger partial charge >= 0.3 is 0 Å². The van der Waals surface area contributed by atoms with Crippen LogP contribution in [0.25, 0.3) is 0 Å². The van der Waals surface area contributed by atoms with E-state index in [-0.39, 0.29) is 11.9 Å². The van der Waals surface area contributed by atoms with E-state index >= 15 is 0 Å². The second-order valence-electron chi connectivity index (χ2n) is 6.16. The molecule has 2 aromatic carbocycles. The van der Waals surface area contributed by atoms with Crippen molar-refractivity contribution in [2.75, 3.05) is 43.4 Å². The number of hydrogen-bond donors (Lipinski definition) is 1. The maximum Gasteiger partial charge on any atom is 0.146 e. The minimum atomic E-state index is -0.388. The Balaban J connectivity index is 1.42. The number of benzene rings is 2. The normalized spacial score (nSPS) is 16.8. The third-order valence-electron chi connectivity index (χ3n) is 4.29. The van der Waals surface area contributed by atoms with Crippen LogP contribution < -0.4 is 4.90 Å². The fraction of sp³-hybridized carbons (Fsp3) is 0.368. The number of nitrogens with zero attached hydrogens (tertiary/aromatic N) is 2. The number of halogens is 2. The first-order valence-corrected chi connectivity index (χ1v) is 9.76. The van der Waals surface area contributed by atoms with Crippen molar-refractivity contribution in [2.24, 2.45) is 0 Å². The molecule has 25 heavy (non-hydrogen) atoms. The molecule has 3 nitrogen and oxygen atoms in total. The summed E-state index contributed by atoms with van der Waals surface area (Å²) in [5, 5.41) is 11.0. The fourth-order valence-electron chi connectivity index (χ4n) is 2.95. The average molecular weight is 381 g/mol. The maximum absolute atomic E-state index is 13.9. The minimum Gasteiger partial charge on any atom is -0.391 e. The molecule has 1 fully saturated rings. The molecule has 0 amide bonds. The van der Waals surface area contributed by atoms with Crippen LogP contribution in [0.3, 0.4) is 0 Å². The molecule has 0 saturated carbocycles. The zero-order chi connectivity index (χ0) is 17.6. The summed E-state index contributed by atoms with van der Waals surface area (Å²) in [6.45, 7) is 3.86. The molecule has 0 aromatic heterocycles. The Hall–Kier alpha value is -1.27. The van der Waals surface area contributed by atoms with Crippen LogP contribution >= 0.6 is 23.4 Å². The van der Waals surface area contributed by atoms with E-state index in [1.165, 1.54) is 6.07 Å². The molecule has 134 valence electrons. The van der Waals surface area contributed by atoms with Crippen molar-refractivity contribution in [3.8, 4) is 0 Å². The molecule has 2 aromatic rings. The lowest BCUT2D eigenvalue weighted by Crippen LogP contribution is -2.49.